The molecule has 0 radical (unpaired) electrons. The quantitative estimate of drug-likeness (QED) is 0.751. The van der Waals surface area contributed by atoms with Gasteiger partial charge in [0.15, 0.2) is 0 Å². The van der Waals surface area contributed by atoms with Crippen LogP contribution in [0.3, 0.4) is 0 Å². The van der Waals surface area contributed by atoms with E-state index in [1.807, 2.05) is 44.6 Å². The predicted octanol–water partition coefficient (Wildman–Crippen LogP) is 0.410. The Labute approximate surface area is 115 Å². The molecule has 0 unspecified atom stereocenters. The highest BCUT2D eigenvalue weighted by Gasteiger charge is 2.17. The molecule has 19 heavy (non-hydrogen) atoms. The van der Waals surface area contributed by atoms with Gasteiger partial charge in [-0.2, -0.15) is 5.10 Å². The first-order chi connectivity index (χ1) is 9.01. The Hall–Kier alpha value is -1.56. The summed E-state index contributed by atoms with van der Waals surface area (Å²) in [5.41, 5.74) is 2.13. The van der Waals surface area contributed by atoms with Gasteiger partial charge >= 0.3 is 0 Å². The molecule has 0 aromatic carbocycles. The number of nitrogens with one attached hydrogen (secondary N) is 2. The Morgan fingerprint density at radius 1 is 1.47 bits per heavy atom. The molecule has 1 heterocycles. The number of aromatic nitrogens is 2. The van der Waals surface area contributed by atoms with Gasteiger partial charge in [0.05, 0.1) is 12.2 Å². The molecule has 6 nitrogen and oxygen atoms in total. The fraction of sp³-hybridized carbons (Fsp3) is 0.692. The van der Waals surface area contributed by atoms with Crippen LogP contribution < -0.4 is 15.5 Å². The van der Waals surface area contributed by atoms with Crippen LogP contribution in [-0.2, 0) is 18.4 Å². The van der Waals surface area contributed by atoms with Crippen LogP contribution in [-0.4, -0.2) is 42.9 Å². The molecule has 0 saturated carbocycles. The van der Waals surface area contributed by atoms with Crippen molar-refractivity contribution in [3.63, 3.8) is 0 Å². The number of likely N-dealkylation sites (N-methyl/N-ethyl adjacent to an activating group) is 1. The summed E-state index contributed by atoms with van der Waals surface area (Å²) >= 11 is 0. The summed E-state index contributed by atoms with van der Waals surface area (Å²) in [7, 11) is 5.73. The zero-order valence-electron chi connectivity index (χ0n) is 12.6. The molecule has 0 saturated heterocycles. The van der Waals surface area contributed by atoms with Crippen LogP contribution in [0.25, 0.3) is 0 Å². The van der Waals surface area contributed by atoms with Gasteiger partial charge in [-0.3, -0.25) is 9.48 Å². The molecule has 1 amide bonds. The fourth-order valence-electron chi connectivity index (χ4n) is 2.16. The minimum Gasteiger partial charge on any atom is -0.355 e. The van der Waals surface area contributed by atoms with Crippen LogP contribution in [0.1, 0.15) is 24.6 Å². The molecule has 0 fully saturated rings. The SMILES string of the molecule is CCCNC(=O)CN(C)c1c(CNC)c(C)nn1C. The molecule has 0 bridgehead atoms. The van der Waals surface area contributed by atoms with Crippen LogP contribution >= 0.6 is 0 Å². The first-order valence-electron chi connectivity index (χ1n) is 6.66. The van der Waals surface area contributed by atoms with Gasteiger partial charge < -0.3 is 15.5 Å². The standard InChI is InChI=1S/C13H25N5O/c1-6-7-15-12(19)9-17(4)13-11(8-14-3)10(2)16-18(13)5/h14H,6-9H2,1-5H3,(H,15,19). The van der Waals surface area contributed by atoms with E-state index in [1.54, 1.807) is 0 Å². The minimum atomic E-state index is 0.0404. The normalized spacial score (nSPS) is 10.6. The van der Waals surface area contributed by atoms with Gasteiger partial charge in [-0.15, -0.1) is 0 Å². The van der Waals surface area contributed by atoms with E-state index < -0.39 is 0 Å². The van der Waals surface area contributed by atoms with Crippen LogP contribution in [0, 0.1) is 6.92 Å². The monoisotopic (exact) mass is 267 g/mol. The predicted molar refractivity (Wildman–Crippen MR) is 77.3 cm³/mol. The second kappa shape index (κ2) is 7.13. The van der Waals surface area contributed by atoms with Gasteiger partial charge in [-0.05, 0) is 20.4 Å². The van der Waals surface area contributed by atoms with Crippen molar-refractivity contribution in [2.45, 2.75) is 26.8 Å². The van der Waals surface area contributed by atoms with Crippen LogP contribution in [0.4, 0.5) is 5.82 Å². The molecular weight excluding hydrogens is 242 g/mol. The van der Waals surface area contributed by atoms with Gasteiger partial charge in [-0.1, -0.05) is 6.92 Å². The van der Waals surface area contributed by atoms with Gasteiger partial charge in [-0.25, -0.2) is 0 Å². The summed E-state index contributed by atoms with van der Waals surface area (Å²) < 4.78 is 1.83. The minimum absolute atomic E-state index is 0.0404. The molecule has 0 spiro atoms. The lowest BCUT2D eigenvalue weighted by atomic mass is 10.2. The van der Waals surface area contributed by atoms with E-state index in [4.69, 9.17) is 0 Å². The van der Waals surface area contributed by atoms with Crippen molar-refractivity contribution in [1.82, 2.24) is 20.4 Å². The summed E-state index contributed by atoms with van der Waals surface area (Å²) in [6.07, 6.45) is 0.950. The average Bonchev–Trinajstić information content (AvgIpc) is 2.62. The highest BCUT2D eigenvalue weighted by Crippen LogP contribution is 2.21. The Kier molecular flexibility index (Phi) is 5.82. The van der Waals surface area contributed by atoms with Crippen molar-refractivity contribution >= 4 is 11.7 Å². The van der Waals surface area contributed by atoms with Crippen molar-refractivity contribution in [3.8, 4) is 0 Å². The molecule has 1 aromatic heterocycles. The fourth-order valence-corrected chi connectivity index (χ4v) is 2.16. The van der Waals surface area contributed by atoms with Crippen LogP contribution in [0.5, 0.6) is 0 Å². The number of carbonyl (C=O) groups is 1. The average molecular weight is 267 g/mol. The Bertz CT molecular complexity index is 427. The van der Waals surface area contributed by atoms with Gasteiger partial charge in [0.1, 0.15) is 5.82 Å². The number of nitrogens with zero attached hydrogens (tertiary/aromatic N) is 3. The zero-order valence-corrected chi connectivity index (χ0v) is 12.6. The number of hydrogen-bond acceptors (Lipinski definition) is 4. The molecule has 1 aromatic rings. The Morgan fingerprint density at radius 2 is 2.16 bits per heavy atom. The van der Waals surface area contributed by atoms with Crippen LogP contribution in [0.2, 0.25) is 0 Å². The molecule has 0 aliphatic carbocycles. The lowest BCUT2D eigenvalue weighted by Gasteiger charge is -2.20. The summed E-state index contributed by atoms with van der Waals surface area (Å²) in [6, 6.07) is 0. The van der Waals surface area contributed by atoms with Crippen LogP contribution in [0.15, 0.2) is 0 Å². The molecule has 1 rings (SSSR count). The third-order valence-corrected chi connectivity index (χ3v) is 2.98. The number of carbonyl (C=O) groups excluding carboxylic acids is 1. The molecule has 0 aliphatic rings. The maximum absolute atomic E-state index is 11.8. The van der Waals surface area contributed by atoms with E-state index in [9.17, 15) is 4.79 Å². The summed E-state index contributed by atoms with van der Waals surface area (Å²) in [5.74, 6) is 1.03. The number of anilines is 1. The van der Waals surface area contributed by atoms with Crippen molar-refractivity contribution in [3.05, 3.63) is 11.3 Å². The first-order valence-corrected chi connectivity index (χ1v) is 6.66. The topological polar surface area (TPSA) is 62.2 Å². The highest BCUT2D eigenvalue weighted by molar-refractivity contribution is 5.81. The van der Waals surface area contributed by atoms with Crippen molar-refractivity contribution in [2.24, 2.45) is 7.05 Å². The van der Waals surface area contributed by atoms with Crippen molar-refractivity contribution < 1.29 is 4.79 Å². The van der Waals surface area contributed by atoms with Crippen molar-refractivity contribution in [1.29, 1.82) is 0 Å². The van der Waals surface area contributed by atoms with E-state index in [2.05, 4.69) is 15.7 Å². The number of aryl methyl sites for hydroxylation is 2. The van der Waals surface area contributed by atoms with E-state index in [0.717, 1.165) is 36.6 Å². The Morgan fingerprint density at radius 3 is 2.74 bits per heavy atom. The number of hydrogen-bond donors (Lipinski definition) is 2. The van der Waals surface area contributed by atoms with Gasteiger partial charge in [0.25, 0.3) is 0 Å². The molecule has 108 valence electrons. The zero-order chi connectivity index (χ0) is 14.4. The maximum atomic E-state index is 11.8. The second-order valence-corrected chi connectivity index (χ2v) is 4.75. The van der Waals surface area contributed by atoms with E-state index in [-0.39, 0.29) is 5.91 Å². The molecule has 0 atom stereocenters. The third-order valence-electron chi connectivity index (χ3n) is 2.98. The third kappa shape index (κ3) is 3.96. The summed E-state index contributed by atoms with van der Waals surface area (Å²) in [4.78, 5) is 13.7. The molecule has 2 N–H and O–H groups in total. The maximum Gasteiger partial charge on any atom is 0.239 e. The number of rotatable bonds is 7. The second-order valence-electron chi connectivity index (χ2n) is 4.75. The number of amides is 1. The molecule has 6 heteroatoms. The lowest BCUT2D eigenvalue weighted by Crippen LogP contribution is -2.36. The van der Waals surface area contributed by atoms with E-state index >= 15 is 0 Å². The van der Waals surface area contributed by atoms with E-state index in [1.165, 1.54) is 0 Å². The van der Waals surface area contributed by atoms with Gasteiger partial charge in [0, 0.05) is 32.7 Å². The summed E-state index contributed by atoms with van der Waals surface area (Å²) in [5, 5.41) is 10.4. The Balaban J connectivity index is 2.81. The van der Waals surface area contributed by atoms with E-state index in [0.29, 0.717) is 6.54 Å². The molecular formula is C13H25N5O. The molecule has 0 aliphatic heterocycles. The van der Waals surface area contributed by atoms with Crippen molar-refractivity contribution in [2.75, 3.05) is 32.1 Å². The highest BCUT2D eigenvalue weighted by atomic mass is 16.2. The van der Waals surface area contributed by atoms with Gasteiger partial charge in [0.2, 0.25) is 5.91 Å². The largest absolute Gasteiger partial charge is 0.355 e. The first kappa shape index (κ1) is 15.5. The summed E-state index contributed by atoms with van der Waals surface area (Å²) in [6.45, 7) is 5.84. The smallest absolute Gasteiger partial charge is 0.239 e. The lowest BCUT2D eigenvalue weighted by molar-refractivity contribution is -0.119.